The molecular weight excluding hydrogens is 244 g/mol. The van der Waals surface area contributed by atoms with E-state index in [0.717, 1.165) is 19.4 Å². The molecule has 0 aromatic rings. The number of rotatable bonds is 5. The Morgan fingerprint density at radius 3 is 2.26 bits per heavy atom. The summed E-state index contributed by atoms with van der Waals surface area (Å²) in [5.74, 6) is -0.539. The molecule has 1 saturated carbocycles. The monoisotopic (exact) mass is 268 g/mol. The number of amides is 2. The zero-order valence-electron chi connectivity index (χ0n) is 12.0. The first-order valence-electron chi connectivity index (χ1n) is 7.18. The first kappa shape index (κ1) is 14.2. The molecule has 2 aliphatic rings. The van der Waals surface area contributed by atoms with Gasteiger partial charge in [0.25, 0.3) is 0 Å². The molecule has 1 unspecified atom stereocenters. The highest BCUT2D eigenvalue weighted by molar-refractivity contribution is 5.77. The molecule has 5 heteroatoms. The molecule has 1 N–H and O–H groups in total. The summed E-state index contributed by atoms with van der Waals surface area (Å²) in [4.78, 5) is 27.1. The van der Waals surface area contributed by atoms with Crippen LogP contribution in [0.15, 0.2) is 0 Å². The summed E-state index contributed by atoms with van der Waals surface area (Å²) < 4.78 is 0. The van der Waals surface area contributed by atoms with Crippen molar-refractivity contribution in [2.45, 2.75) is 39.7 Å². The summed E-state index contributed by atoms with van der Waals surface area (Å²) >= 11 is 0. The number of urea groups is 1. The van der Waals surface area contributed by atoms with Crippen LogP contribution in [0.2, 0.25) is 0 Å². The Morgan fingerprint density at radius 2 is 1.84 bits per heavy atom. The van der Waals surface area contributed by atoms with Crippen LogP contribution in [0.5, 0.6) is 0 Å². The van der Waals surface area contributed by atoms with Gasteiger partial charge in [-0.05, 0) is 18.8 Å². The molecule has 1 saturated heterocycles. The highest BCUT2D eigenvalue weighted by Gasteiger charge is 2.42. The highest BCUT2D eigenvalue weighted by Crippen LogP contribution is 2.31. The van der Waals surface area contributed by atoms with Crippen LogP contribution in [0.3, 0.4) is 0 Å². The summed E-state index contributed by atoms with van der Waals surface area (Å²) in [6.07, 6.45) is 2.22. The van der Waals surface area contributed by atoms with Gasteiger partial charge < -0.3 is 14.9 Å². The Morgan fingerprint density at radius 1 is 1.26 bits per heavy atom. The van der Waals surface area contributed by atoms with Crippen LogP contribution < -0.4 is 0 Å². The summed E-state index contributed by atoms with van der Waals surface area (Å²) in [7, 11) is 0. The molecule has 1 aliphatic heterocycles. The van der Waals surface area contributed by atoms with Crippen molar-refractivity contribution in [3.05, 3.63) is 0 Å². The predicted octanol–water partition coefficient (Wildman–Crippen LogP) is 1.88. The van der Waals surface area contributed by atoms with Gasteiger partial charge in [0.1, 0.15) is 0 Å². The van der Waals surface area contributed by atoms with Gasteiger partial charge in [-0.1, -0.05) is 20.8 Å². The van der Waals surface area contributed by atoms with Crippen molar-refractivity contribution in [1.82, 2.24) is 9.80 Å². The number of carboxylic acids is 1. The molecule has 1 heterocycles. The van der Waals surface area contributed by atoms with Crippen molar-refractivity contribution in [1.29, 1.82) is 0 Å². The van der Waals surface area contributed by atoms with E-state index in [9.17, 15) is 9.59 Å². The third-order valence-electron chi connectivity index (χ3n) is 4.07. The number of likely N-dealkylation sites (tertiary alicyclic amines) is 1. The molecule has 0 aromatic heterocycles. The van der Waals surface area contributed by atoms with E-state index in [1.165, 1.54) is 0 Å². The molecule has 108 valence electrons. The van der Waals surface area contributed by atoms with Gasteiger partial charge in [-0.25, -0.2) is 4.79 Å². The maximum atomic E-state index is 12.4. The van der Waals surface area contributed by atoms with Crippen LogP contribution in [-0.4, -0.2) is 52.6 Å². The Kier molecular flexibility index (Phi) is 4.02. The smallest absolute Gasteiger partial charge is 0.320 e. The number of hydrogen-bond acceptors (Lipinski definition) is 2. The predicted molar refractivity (Wildman–Crippen MR) is 71.8 cm³/mol. The van der Waals surface area contributed by atoms with E-state index in [2.05, 4.69) is 13.8 Å². The van der Waals surface area contributed by atoms with Gasteiger partial charge in [0.2, 0.25) is 0 Å². The Hall–Kier alpha value is -1.26. The minimum absolute atomic E-state index is 0.102. The van der Waals surface area contributed by atoms with Gasteiger partial charge in [-0.2, -0.15) is 0 Å². The van der Waals surface area contributed by atoms with E-state index >= 15 is 0 Å². The maximum absolute atomic E-state index is 12.4. The lowest BCUT2D eigenvalue weighted by Crippen LogP contribution is -2.58. The molecule has 19 heavy (non-hydrogen) atoms. The fourth-order valence-corrected chi connectivity index (χ4v) is 2.53. The third kappa shape index (κ3) is 3.19. The Labute approximate surface area is 114 Å². The lowest BCUT2D eigenvalue weighted by molar-refractivity contribution is -0.144. The van der Waals surface area contributed by atoms with Gasteiger partial charge in [0.15, 0.2) is 0 Å². The van der Waals surface area contributed by atoms with Crippen molar-refractivity contribution in [2.24, 2.45) is 17.8 Å². The average Bonchev–Trinajstić information content (AvgIpc) is 3.06. The number of aliphatic carboxylic acids is 1. The summed E-state index contributed by atoms with van der Waals surface area (Å²) in [5.41, 5.74) is 0. The van der Waals surface area contributed by atoms with E-state index in [4.69, 9.17) is 5.11 Å². The fourth-order valence-electron chi connectivity index (χ4n) is 2.53. The van der Waals surface area contributed by atoms with E-state index < -0.39 is 5.97 Å². The molecule has 2 fully saturated rings. The lowest BCUT2D eigenvalue weighted by Gasteiger charge is -2.43. The van der Waals surface area contributed by atoms with Crippen LogP contribution >= 0.6 is 0 Å². The second kappa shape index (κ2) is 5.39. The first-order chi connectivity index (χ1) is 8.90. The average molecular weight is 268 g/mol. The quantitative estimate of drug-likeness (QED) is 0.828. The van der Waals surface area contributed by atoms with Crippen LogP contribution in [-0.2, 0) is 4.79 Å². The second-order valence-corrected chi connectivity index (χ2v) is 6.35. The largest absolute Gasteiger partial charge is 0.481 e. The zero-order valence-corrected chi connectivity index (χ0v) is 12.0. The maximum Gasteiger partial charge on any atom is 0.320 e. The Bertz CT molecular complexity index is 360. The normalized spacial score (nSPS) is 21.2. The fraction of sp³-hybridized carbons (Fsp3) is 0.857. The first-order valence-corrected chi connectivity index (χ1v) is 7.18. The second-order valence-electron chi connectivity index (χ2n) is 6.35. The minimum Gasteiger partial charge on any atom is -0.481 e. The van der Waals surface area contributed by atoms with Crippen molar-refractivity contribution in [3.8, 4) is 0 Å². The third-order valence-corrected chi connectivity index (χ3v) is 4.07. The van der Waals surface area contributed by atoms with Crippen molar-refractivity contribution >= 4 is 12.0 Å². The van der Waals surface area contributed by atoms with E-state index in [0.29, 0.717) is 25.0 Å². The highest BCUT2D eigenvalue weighted by atomic mass is 16.4. The molecule has 2 rings (SSSR count). The van der Waals surface area contributed by atoms with Crippen LogP contribution in [0.25, 0.3) is 0 Å². The van der Waals surface area contributed by atoms with Gasteiger partial charge in [-0.3, -0.25) is 4.79 Å². The van der Waals surface area contributed by atoms with E-state index in [1.807, 2.05) is 4.90 Å². The SMILES string of the molecule is CC(C)CN(C(=O)N1CC(C(C)C(=O)O)C1)C1CC1. The van der Waals surface area contributed by atoms with E-state index in [1.54, 1.807) is 11.8 Å². The molecular formula is C14H24N2O3. The Balaban J connectivity index is 1.85. The summed E-state index contributed by atoms with van der Waals surface area (Å²) in [5, 5.41) is 8.95. The van der Waals surface area contributed by atoms with Gasteiger partial charge in [0, 0.05) is 31.6 Å². The van der Waals surface area contributed by atoms with Gasteiger partial charge >= 0.3 is 12.0 Å². The van der Waals surface area contributed by atoms with Crippen molar-refractivity contribution in [2.75, 3.05) is 19.6 Å². The minimum atomic E-state index is -0.765. The summed E-state index contributed by atoms with van der Waals surface area (Å²) in [6, 6.07) is 0.524. The van der Waals surface area contributed by atoms with Crippen molar-refractivity contribution in [3.63, 3.8) is 0 Å². The molecule has 0 bridgehead atoms. The molecule has 0 aromatic carbocycles. The topological polar surface area (TPSA) is 60.9 Å². The van der Waals surface area contributed by atoms with Crippen molar-refractivity contribution < 1.29 is 14.7 Å². The zero-order chi connectivity index (χ0) is 14.2. The van der Waals surface area contributed by atoms with Crippen LogP contribution in [0.4, 0.5) is 4.79 Å². The number of carbonyl (C=O) groups excluding carboxylic acids is 1. The van der Waals surface area contributed by atoms with Gasteiger partial charge in [-0.15, -0.1) is 0 Å². The number of carboxylic acid groups (broad SMARTS) is 1. The number of carbonyl (C=O) groups is 2. The number of hydrogen-bond donors (Lipinski definition) is 1. The standard InChI is InChI=1S/C14H24N2O3/c1-9(2)6-16(12-4-5-12)14(19)15-7-11(8-15)10(3)13(17)18/h9-12H,4-8H2,1-3H3,(H,17,18). The molecule has 1 atom stereocenters. The van der Waals surface area contributed by atoms with Crippen LogP contribution in [0.1, 0.15) is 33.6 Å². The molecule has 0 spiro atoms. The molecule has 1 aliphatic carbocycles. The molecule has 0 radical (unpaired) electrons. The van der Waals surface area contributed by atoms with Gasteiger partial charge in [0.05, 0.1) is 5.92 Å². The summed E-state index contributed by atoms with van der Waals surface area (Å²) in [6.45, 7) is 7.95. The van der Waals surface area contributed by atoms with E-state index in [-0.39, 0.29) is 17.9 Å². The lowest BCUT2D eigenvalue weighted by atomic mass is 9.87. The number of nitrogens with zero attached hydrogens (tertiary/aromatic N) is 2. The molecule has 2 amide bonds. The molecule has 5 nitrogen and oxygen atoms in total. The van der Waals surface area contributed by atoms with Crippen LogP contribution in [0, 0.1) is 17.8 Å².